The summed E-state index contributed by atoms with van der Waals surface area (Å²) in [5, 5.41) is 0.508. The van der Waals surface area contributed by atoms with Gasteiger partial charge in [-0.3, -0.25) is 0 Å². The maximum Gasteiger partial charge on any atom is 0.161 e. The van der Waals surface area contributed by atoms with E-state index in [4.69, 9.17) is 21.3 Å². The molecule has 1 fully saturated rings. The van der Waals surface area contributed by atoms with Crippen LogP contribution < -0.4 is 4.74 Å². The SMILES string of the molecule is COc1ccc(-c2nc(Cl)cc(C3CCCC3)n2)cc1Br. The molecule has 1 aromatic carbocycles. The van der Waals surface area contributed by atoms with E-state index in [1.165, 1.54) is 25.7 Å². The van der Waals surface area contributed by atoms with Crippen molar-refractivity contribution in [2.24, 2.45) is 0 Å². The zero-order chi connectivity index (χ0) is 14.8. The van der Waals surface area contributed by atoms with Crippen molar-refractivity contribution in [1.29, 1.82) is 0 Å². The Bertz CT molecular complexity index is 657. The van der Waals surface area contributed by atoms with E-state index in [1.807, 2.05) is 24.3 Å². The third-order valence-electron chi connectivity index (χ3n) is 3.90. The van der Waals surface area contributed by atoms with Crippen molar-refractivity contribution < 1.29 is 4.74 Å². The highest BCUT2D eigenvalue weighted by atomic mass is 79.9. The van der Waals surface area contributed by atoms with Gasteiger partial charge in [0.2, 0.25) is 0 Å². The van der Waals surface area contributed by atoms with Gasteiger partial charge in [0.25, 0.3) is 0 Å². The average Bonchev–Trinajstić information content (AvgIpc) is 3.01. The molecule has 110 valence electrons. The molecule has 1 aliphatic carbocycles. The largest absolute Gasteiger partial charge is 0.496 e. The molecule has 3 rings (SSSR count). The third kappa shape index (κ3) is 3.22. The maximum atomic E-state index is 6.19. The van der Waals surface area contributed by atoms with Crippen LogP contribution in [0.25, 0.3) is 11.4 Å². The summed E-state index contributed by atoms with van der Waals surface area (Å²) in [4.78, 5) is 9.09. The molecule has 1 aliphatic rings. The molecule has 5 heteroatoms. The van der Waals surface area contributed by atoms with Crippen LogP contribution in [0.1, 0.15) is 37.3 Å². The van der Waals surface area contributed by atoms with Crippen LogP contribution >= 0.6 is 27.5 Å². The van der Waals surface area contributed by atoms with Crippen molar-refractivity contribution in [3.63, 3.8) is 0 Å². The summed E-state index contributed by atoms with van der Waals surface area (Å²) >= 11 is 9.68. The van der Waals surface area contributed by atoms with Crippen LogP contribution in [0, 0.1) is 0 Å². The molecule has 0 saturated heterocycles. The first kappa shape index (κ1) is 14.8. The van der Waals surface area contributed by atoms with Gasteiger partial charge in [0.05, 0.1) is 11.6 Å². The Balaban J connectivity index is 1.99. The zero-order valence-corrected chi connectivity index (χ0v) is 14.1. The van der Waals surface area contributed by atoms with Crippen LogP contribution in [-0.2, 0) is 0 Å². The molecule has 0 amide bonds. The fraction of sp³-hybridized carbons (Fsp3) is 0.375. The Labute approximate surface area is 137 Å². The quantitative estimate of drug-likeness (QED) is 0.697. The number of aromatic nitrogens is 2. The van der Waals surface area contributed by atoms with Crippen molar-refractivity contribution in [3.8, 4) is 17.1 Å². The van der Waals surface area contributed by atoms with Crippen LogP contribution in [0.3, 0.4) is 0 Å². The molecule has 0 unspecified atom stereocenters. The minimum absolute atomic E-state index is 0.508. The molecule has 1 saturated carbocycles. The highest BCUT2D eigenvalue weighted by Crippen LogP contribution is 2.35. The summed E-state index contributed by atoms with van der Waals surface area (Å²) < 4.78 is 6.13. The van der Waals surface area contributed by atoms with Gasteiger partial charge in [-0.2, -0.15) is 0 Å². The molecule has 3 nitrogen and oxygen atoms in total. The first-order chi connectivity index (χ1) is 10.2. The third-order valence-corrected chi connectivity index (χ3v) is 4.71. The number of rotatable bonds is 3. The topological polar surface area (TPSA) is 35.0 Å². The highest BCUT2D eigenvalue weighted by Gasteiger charge is 2.20. The summed E-state index contributed by atoms with van der Waals surface area (Å²) in [6.07, 6.45) is 4.93. The second-order valence-electron chi connectivity index (χ2n) is 5.27. The van der Waals surface area contributed by atoms with Crippen LogP contribution in [-0.4, -0.2) is 17.1 Å². The number of methoxy groups -OCH3 is 1. The van der Waals surface area contributed by atoms with Gasteiger partial charge in [-0.1, -0.05) is 24.4 Å². The molecule has 1 aromatic heterocycles. The minimum Gasteiger partial charge on any atom is -0.496 e. The molecule has 0 bridgehead atoms. The van der Waals surface area contributed by atoms with Crippen LogP contribution in [0.2, 0.25) is 5.15 Å². The molecule has 0 N–H and O–H groups in total. The smallest absolute Gasteiger partial charge is 0.161 e. The number of benzene rings is 1. The summed E-state index contributed by atoms with van der Waals surface area (Å²) in [5.74, 6) is 1.98. The summed E-state index contributed by atoms with van der Waals surface area (Å²) in [7, 11) is 1.65. The van der Waals surface area contributed by atoms with Gasteiger partial charge < -0.3 is 4.74 Å². The first-order valence-electron chi connectivity index (χ1n) is 7.06. The Kier molecular flexibility index (Phi) is 4.45. The summed E-state index contributed by atoms with van der Waals surface area (Å²) in [6.45, 7) is 0. The van der Waals surface area contributed by atoms with E-state index >= 15 is 0 Å². The lowest BCUT2D eigenvalue weighted by molar-refractivity contribution is 0.412. The predicted molar refractivity (Wildman–Crippen MR) is 87.9 cm³/mol. The van der Waals surface area contributed by atoms with Gasteiger partial charge in [0.15, 0.2) is 5.82 Å². The number of hydrogen-bond donors (Lipinski definition) is 0. The van der Waals surface area contributed by atoms with E-state index in [0.717, 1.165) is 21.5 Å². The standard InChI is InChI=1S/C16H16BrClN2O/c1-21-14-7-6-11(8-12(14)17)16-19-13(9-15(18)20-16)10-4-2-3-5-10/h6-10H,2-5H2,1H3. The average molecular weight is 368 g/mol. The number of ether oxygens (including phenoxy) is 1. The lowest BCUT2D eigenvalue weighted by Gasteiger charge is -2.11. The molecule has 2 aromatic rings. The van der Waals surface area contributed by atoms with Gasteiger partial charge >= 0.3 is 0 Å². The van der Waals surface area contributed by atoms with E-state index in [-0.39, 0.29) is 0 Å². The molecule has 0 atom stereocenters. The fourth-order valence-electron chi connectivity index (χ4n) is 2.80. The fourth-order valence-corrected chi connectivity index (χ4v) is 3.53. The zero-order valence-electron chi connectivity index (χ0n) is 11.8. The van der Waals surface area contributed by atoms with Crippen molar-refractivity contribution in [2.45, 2.75) is 31.6 Å². The van der Waals surface area contributed by atoms with Crippen LogP contribution in [0.5, 0.6) is 5.75 Å². The van der Waals surface area contributed by atoms with Crippen LogP contribution in [0.15, 0.2) is 28.7 Å². The Morgan fingerprint density at radius 1 is 1.19 bits per heavy atom. The summed E-state index contributed by atoms with van der Waals surface area (Å²) in [6, 6.07) is 7.72. The molecule has 1 heterocycles. The molecular formula is C16H16BrClN2O. The second kappa shape index (κ2) is 6.32. The highest BCUT2D eigenvalue weighted by molar-refractivity contribution is 9.10. The second-order valence-corrected chi connectivity index (χ2v) is 6.51. The maximum absolute atomic E-state index is 6.19. The van der Waals surface area contributed by atoms with E-state index in [9.17, 15) is 0 Å². The normalized spacial score (nSPS) is 15.4. The van der Waals surface area contributed by atoms with Crippen molar-refractivity contribution >= 4 is 27.5 Å². The molecule has 0 aliphatic heterocycles. The number of nitrogens with zero attached hydrogens (tertiary/aromatic N) is 2. The lowest BCUT2D eigenvalue weighted by atomic mass is 10.0. The van der Waals surface area contributed by atoms with Crippen molar-refractivity contribution in [3.05, 3.63) is 39.6 Å². The van der Waals surface area contributed by atoms with E-state index in [1.54, 1.807) is 7.11 Å². The van der Waals surface area contributed by atoms with Gasteiger partial charge in [0.1, 0.15) is 10.9 Å². The molecule has 0 radical (unpaired) electrons. The van der Waals surface area contributed by atoms with E-state index in [2.05, 4.69) is 20.9 Å². The van der Waals surface area contributed by atoms with Gasteiger partial charge in [-0.15, -0.1) is 0 Å². The Hall–Kier alpha value is -1.13. The molecule has 0 spiro atoms. The van der Waals surface area contributed by atoms with Crippen LogP contribution in [0.4, 0.5) is 0 Å². The van der Waals surface area contributed by atoms with Crippen molar-refractivity contribution in [2.75, 3.05) is 7.11 Å². The number of halogens is 2. The predicted octanol–water partition coefficient (Wildman–Crippen LogP) is 5.23. The Morgan fingerprint density at radius 2 is 1.95 bits per heavy atom. The van der Waals surface area contributed by atoms with E-state index < -0.39 is 0 Å². The monoisotopic (exact) mass is 366 g/mol. The Morgan fingerprint density at radius 3 is 2.62 bits per heavy atom. The first-order valence-corrected chi connectivity index (χ1v) is 8.23. The minimum atomic E-state index is 0.508. The van der Waals surface area contributed by atoms with Gasteiger partial charge in [-0.05, 0) is 53.0 Å². The summed E-state index contributed by atoms with van der Waals surface area (Å²) in [5.41, 5.74) is 2.00. The number of hydrogen-bond acceptors (Lipinski definition) is 3. The lowest BCUT2D eigenvalue weighted by Crippen LogP contribution is -2.00. The molecule has 21 heavy (non-hydrogen) atoms. The molecular weight excluding hydrogens is 352 g/mol. The van der Waals surface area contributed by atoms with Crippen molar-refractivity contribution in [1.82, 2.24) is 9.97 Å². The van der Waals surface area contributed by atoms with E-state index in [0.29, 0.717) is 16.9 Å². The van der Waals surface area contributed by atoms with Gasteiger partial charge in [-0.25, -0.2) is 9.97 Å². The van der Waals surface area contributed by atoms with Gasteiger partial charge in [0, 0.05) is 17.2 Å².